The molecule has 0 radical (unpaired) electrons. The minimum Gasteiger partial charge on any atom is -0.478 e. The van der Waals surface area contributed by atoms with E-state index in [9.17, 15) is 15.0 Å². The van der Waals surface area contributed by atoms with E-state index in [1.807, 2.05) is 34.9 Å². The fourth-order valence-corrected chi connectivity index (χ4v) is 3.76. The Morgan fingerprint density at radius 3 is 2.50 bits per heavy atom. The highest BCUT2D eigenvalue weighted by Gasteiger charge is 2.20. The number of aliphatic hydroxyl groups is 1. The average molecular weight is 350 g/mol. The zero-order chi connectivity index (χ0) is 18.1. The first-order chi connectivity index (χ1) is 12.6. The maximum Gasteiger partial charge on any atom is 0.337 e. The lowest BCUT2D eigenvalue weighted by molar-refractivity contribution is 0.0697. The Labute approximate surface area is 152 Å². The van der Waals surface area contributed by atoms with Crippen LogP contribution < -0.4 is 0 Å². The van der Waals surface area contributed by atoms with Gasteiger partial charge in [0, 0.05) is 31.2 Å². The number of carbonyl (C=O) groups is 1. The number of aromatic nitrogens is 1. The molecule has 1 saturated heterocycles. The molecule has 0 saturated carbocycles. The summed E-state index contributed by atoms with van der Waals surface area (Å²) in [6.07, 6.45) is 3.48. The molecule has 4 rings (SSSR count). The molecule has 0 spiro atoms. The Bertz CT molecular complexity index is 939. The second-order valence-electron chi connectivity index (χ2n) is 6.87. The van der Waals surface area contributed by atoms with Crippen molar-refractivity contribution in [3.8, 4) is 5.69 Å². The molecule has 3 aromatic rings. The van der Waals surface area contributed by atoms with E-state index in [0.717, 1.165) is 43.4 Å². The third kappa shape index (κ3) is 3.11. The van der Waals surface area contributed by atoms with Crippen molar-refractivity contribution >= 4 is 16.9 Å². The highest BCUT2D eigenvalue weighted by molar-refractivity contribution is 5.94. The summed E-state index contributed by atoms with van der Waals surface area (Å²) in [5.74, 6) is -0.926. The van der Waals surface area contributed by atoms with E-state index in [4.69, 9.17) is 0 Å². The van der Waals surface area contributed by atoms with E-state index in [0.29, 0.717) is 11.3 Å². The van der Waals surface area contributed by atoms with E-state index in [-0.39, 0.29) is 6.10 Å². The Morgan fingerprint density at radius 2 is 1.73 bits per heavy atom. The van der Waals surface area contributed by atoms with Gasteiger partial charge in [-0.3, -0.25) is 4.90 Å². The van der Waals surface area contributed by atoms with Crippen molar-refractivity contribution in [1.29, 1.82) is 0 Å². The lowest BCUT2D eigenvalue weighted by Gasteiger charge is -2.29. The topological polar surface area (TPSA) is 65.7 Å². The molecule has 2 aromatic carbocycles. The molecular weight excluding hydrogens is 328 g/mol. The van der Waals surface area contributed by atoms with Crippen LogP contribution in [-0.2, 0) is 6.54 Å². The van der Waals surface area contributed by atoms with Crippen molar-refractivity contribution in [1.82, 2.24) is 9.47 Å². The summed E-state index contributed by atoms with van der Waals surface area (Å²) < 4.78 is 1.98. The summed E-state index contributed by atoms with van der Waals surface area (Å²) in [6.45, 7) is 2.56. The predicted molar refractivity (Wildman–Crippen MR) is 101 cm³/mol. The monoisotopic (exact) mass is 350 g/mol. The lowest BCUT2D eigenvalue weighted by Crippen LogP contribution is -2.35. The number of hydrogen-bond donors (Lipinski definition) is 2. The molecule has 0 aliphatic carbocycles. The molecule has 0 amide bonds. The van der Waals surface area contributed by atoms with Crippen LogP contribution >= 0.6 is 0 Å². The van der Waals surface area contributed by atoms with Crippen molar-refractivity contribution in [3.63, 3.8) is 0 Å². The van der Waals surface area contributed by atoms with Gasteiger partial charge >= 0.3 is 5.97 Å². The molecule has 2 N–H and O–H groups in total. The number of rotatable bonds is 4. The SMILES string of the molecule is O=C(O)c1ccccc1-n1cc(CN2CCC(O)CC2)c2ccccc21. The van der Waals surface area contributed by atoms with Crippen LogP contribution in [0.5, 0.6) is 0 Å². The van der Waals surface area contributed by atoms with E-state index in [1.165, 1.54) is 5.56 Å². The quantitative estimate of drug-likeness (QED) is 0.758. The van der Waals surface area contributed by atoms with Crippen molar-refractivity contribution in [3.05, 3.63) is 65.9 Å². The number of aromatic carboxylic acids is 1. The van der Waals surface area contributed by atoms with Crippen molar-refractivity contribution < 1.29 is 15.0 Å². The van der Waals surface area contributed by atoms with Gasteiger partial charge in [0.25, 0.3) is 0 Å². The first-order valence-electron chi connectivity index (χ1n) is 8.95. The number of fused-ring (bicyclic) bond motifs is 1. The number of carboxylic acid groups (broad SMARTS) is 1. The normalized spacial score (nSPS) is 16.2. The second kappa shape index (κ2) is 6.94. The van der Waals surface area contributed by atoms with E-state index in [2.05, 4.69) is 17.2 Å². The van der Waals surface area contributed by atoms with Crippen LogP contribution in [0.25, 0.3) is 16.6 Å². The van der Waals surface area contributed by atoms with Gasteiger partial charge in [0.1, 0.15) is 0 Å². The van der Waals surface area contributed by atoms with Crippen LogP contribution in [0, 0.1) is 0 Å². The summed E-state index contributed by atoms with van der Waals surface area (Å²) in [6, 6.07) is 15.2. The summed E-state index contributed by atoms with van der Waals surface area (Å²) in [5.41, 5.74) is 3.16. The van der Waals surface area contributed by atoms with E-state index < -0.39 is 5.97 Å². The maximum atomic E-state index is 11.6. The average Bonchev–Trinajstić information content (AvgIpc) is 3.02. The van der Waals surface area contributed by atoms with Crippen LogP contribution in [-0.4, -0.2) is 44.8 Å². The molecule has 1 aromatic heterocycles. The van der Waals surface area contributed by atoms with E-state index >= 15 is 0 Å². The number of carboxylic acids is 1. The van der Waals surface area contributed by atoms with Gasteiger partial charge in [0.05, 0.1) is 22.9 Å². The number of aliphatic hydroxyl groups excluding tert-OH is 1. The third-order valence-electron chi connectivity index (χ3n) is 5.14. The van der Waals surface area contributed by atoms with Gasteiger partial charge in [-0.25, -0.2) is 4.79 Å². The largest absolute Gasteiger partial charge is 0.478 e. The number of hydrogen-bond acceptors (Lipinski definition) is 3. The highest BCUT2D eigenvalue weighted by atomic mass is 16.4. The first-order valence-corrected chi connectivity index (χ1v) is 8.95. The maximum absolute atomic E-state index is 11.6. The van der Waals surface area contributed by atoms with Crippen LogP contribution in [0.1, 0.15) is 28.8 Å². The van der Waals surface area contributed by atoms with Crippen LogP contribution in [0.15, 0.2) is 54.7 Å². The minimum atomic E-state index is -0.926. The number of nitrogens with zero attached hydrogens (tertiary/aromatic N) is 2. The fourth-order valence-electron chi connectivity index (χ4n) is 3.76. The van der Waals surface area contributed by atoms with Crippen LogP contribution in [0.4, 0.5) is 0 Å². The smallest absolute Gasteiger partial charge is 0.337 e. The van der Waals surface area contributed by atoms with Crippen molar-refractivity contribution in [2.45, 2.75) is 25.5 Å². The Morgan fingerprint density at radius 1 is 1.04 bits per heavy atom. The molecule has 1 fully saturated rings. The second-order valence-corrected chi connectivity index (χ2v) is 6.87. The Kier molecular flexibility index (Phi) is 4.49. The van der Waals surface area contributed by atoms with Crippen LogP contribution in [0.3, 0.4) is 0 Å². The van der Waals surface area contributed by atoms with Gasteiger partial charge in [0.15, 0.2) is 0 Å². The zero-order valence-corrected chi connectivity index (χ0v) is 14.5. The fraction of sp³-hybridized carbons (Fsp3) is 0.286. The number of benzene rings is 2. The first kappa shape index (κ1) is 16.8. The van der Waals surface area contributed by atoms with Gasteiger partial charge < -0.3 is 14.8 Å². The zero-order valence-electron chi connectivity index (χ0n) is 14.5. The third-order valence-corrected chi connectivity index (χ3v) is 5.14. The number of piperidine rings is 1. The molecule has 5 nitrogen and oxygen atoms in total. The number of para-hydroxylation sites is 2. The molecule has 0 unspecified atom stereocenters. The molecular formula is C21H22N2O3. The summed E-state index contributed by atoms with van der Waals surface area (Å²) in [4.78, 5) is 14.0. The number of likely N-dealkylation sites (tertiary alicyclic amines) is 1. The Hall–Kier alpha value is -2.63. The van der Waals surface area contributed by atoms with Gasteiger partial charge in [-0.1, -0.05) is 30.3 Å². The minimum absolute atomic E-state index is 0.185. The summed E-state index contributed by atoms with van der Waals surface area (Å²) in [5, 5.41) is 20.4. The van der Waals surface area contributed by atoms with Crippen molar-refractivity contribution in [2.24, 2.45) is 0 Å². The molecule has 0 atom stereocenters. The highest BCUT2D eigenvalue weighted by Crippen LogP contribution is 2.28. The molecule has 1 aliphatic rings. The van der Waals surface area contributed by atoms with Crippen molar-refractivity contribution in [2.75, 3.05) is 13.1 Å². The van der Waals surface area contributed by atoms with Gasteiger partial charge in [-0.05, 0) is 36.6 Å². The molecule has 1 aliphatic heterocycles. The Balaban J connectivity index is 1.77. The standard InChI is InChI=1S/C21H22N2O3/c24-16-9-11-22(12-10-16)13-15-14-23(19-7-3-1-5-17(15)19)20-8-4-2-6-18(20)21(25)26/h1-8,14,16,24H,9-13H2,(H,25,26). The van der Waals surface area contributed by atoms with Gasteiger partial charge in [0.2, 0.25) is 0 Å². The molecule has 5 heteroatoms. The molecule has 0 bridgehead atoms. The molecule has 2 heterocycles. The molecule has 134 valence electrons. The van der Waals surface area contributed by atoms with Crippen LogP contribution in [0.2, 0.25) is 0 Å². The van der Waals surface area contributed by atoms with Gasteiger partial charge in [-0.15, -0.1) is 0 Å². The predicted octanol–water partition coefficient (Wildman–Crippen LogP) is 3.29. The van der Waals surface area contributed by atoms with E-state index in [1.54, 1.807) is 12.1 Å². The summed E-state index contributed by atoms with van der Waals surface area (Å²) >= 11 is 0. The summed E-state index contributed by atoms with van der Waals surface area (Å²) in [7, 11) is 0. The molecule has 26 heavy (non-hydrogen) atoms. The van der Waals surface area contributed by atoms with Gasteiger partial charge in [-0.2, -0.15) is 0 Å². The lowest BCUT2D eigenvalue weighted by atomic mass is 10.1.